The first-order valence-corrected chi connectivity index (χ1v) is 6.04. The minimum Gasteiger partial charge on any atom is -0.508 e. The number of anilines is 1. The lowest BCUT2D eigenvalue weighted by molar-refractivity contribution is -0.274. The summed E-state index contributed by atoms with van der Waals surface area (Å²) in [7, 11) is 1.76. The topological polar surface area (TPSA) is 44.7 Å². The Balaban J connectivity index is 2.43. The number of phenolic OH excluding ortho intramolecular Hbond substituents is 1. The molecule has 0 atom stereocenters. The van der Waals surface area contributed by atoms with Crippen molar-refractivity contribution in [1.29, 1.82) is 0 Å². The fourth-order valence-corrected chi connectivity index (χ4v) is 2.22. The van der Waals surface area contributed by atoms with Gasteiger partial charge >= 0.3 is 6.36 Å². The summed E-state index contributed by atoms with van der Waals surface area (Å²) in [5.74, 6) is -0.661. The van der Waals surface area contributed by atoms with Crippen LogP contribution in [0.2, 0.25) is 0 Å². The molecule has 4 nitrogen and oxygen atoms in total. The van der Waals surface area contributed by atoms with E-state index in [1.165, 1.54) is 6.07 Å². The Morgan fingerprint density at radius 1 is 1.35 bits per heavy atom. The first kappa shape index (κ1) is 14.4. The van der Waals surface area contributed by atoms with Crippen molar-refractivity contribution in [2.24, 2.45) is 0 Å². The van der Waals surface area contributed by atoms with E-state index in [1.54, 1.807) is 25.1 Å². The maximum absolute atomic E-state index is 12.5. The number of aromatic hydroxyl groups is 1. The van der Waals surface area contributed by atoms with Gasteiger partial charge in [-0.1, -0.05) is 0 Å². The average Bonchev–Trinajstić information content (AvgIpc) is 2.74. The Kier molecular flexibility index (Phi) is 3.69. The molecule has 0 fully saturated rings. The maximum atomic E-state index is 12.5. The smallest absolute Gasteiger partial charge is 0.508 e. The molecule has 0 saturated heterocycles. The Labute approximate surface area is 114 Å². The van der Waals surface area contributed by atoms with E-state index in [9.17, 15) is 18.3 Å². The number of hydrogen-bond donors (Lipinski definition) is 2. The van der Waals surface area contributed by atoms with Gasteiger partial charge in [-0.25, -0.2) is 0 Å². The van der Waals surface area contributed by atoms with Gasteiger partial charge < -0.3 is 20.1 Å². The van der Waals surface area contributed by atoms with Crippen LogP contribution >= 0.6 is 0 Å². The monoisotopic (exact) mass is 288 g/mol. The molecule has 0 unspecified atom stereocenters. The molecule has 0 radical (unpaired) electrons. The summed E-state index contributed by atoms with van der Waals surface area (Å²) < 4.78 is 41.4. The van der Waals surface area contributed by atoms with Crippen molar-refractivity contribution >= 4 is 5.69 Å². The third-order valence-corrected chi connectivity index (χ3v) is 3.02. The van der Waals surface area contributed by atoms with Crippen LogP contribution in [0.5, 0.6) is 11.5 Å². The number of benzene rings is 1. The van der Waals surface area contributed by atoms with E-state index in [0.29, 0.717) is 24.2 Å². The van der Waals surface area contributed by atoms with Crippen LogP contribution in [0.15, 0.2) is 24.0 Å². The van der Waals surface area contributed by atoms with Crippen LogP contribution in [0.4, 0.5) is 18.9 Å². The minimum atomic E-state index is -4.80. The quantitative estimate of drug-likeness (QED) is 0.897. The SMILES string of the molecule is CNC1=CN(c2c(C)cc(O)cc2OC(F)(F)F)CC1. The fraction of sp³-hybridized carbons (Fsp3) is 0.385. The molecule has 0 aromatic heterocycles. The van der Waals surface area contributed by atoms with Gasteiger partial charge in [-0.05, 0) is 18.6 Å². The number of hydrogen-bond acceptors (Lipinski definition) is 4. The molecule has 1 aliphatic rings. The number of nitrogens with zero attached hydrogens (tertiary/aromatic N) is 1. The lowest BCUT2D eigenvalue weighted by Crippen LogP contribution is -2.21. The number of aryl methyl sites for hydroxylation is 1. The number of ether oxygens (including phenoxy) is 1. The largest absolute Gasteiger partial charge is 0.573 e. The van der Waals surface area contributed by atoms with Crippen LogP contribution < -0.4 is 15.0 Å². The molecule has 0 bridgehead atoms. The van der Waals surface area contributed by atoms with Crippen molar-refractivity contribution in [2.45, 2.75) is 19.7 Å². The molecule has 2 N–H and O–H groups in total. The summed E-state index contributed by atoms with van der Waals surface area (Å²) in [6.07, 6.45) is -2.35. The highest BCUT2D eigenvalue weighted by molar-refractivity contribution is 5.68. The Morgan fingerprint density at radius 3 is 2.60 bits per heavy atom. The minimum absolute atomic E-state index is 0.262. The summed E-state index contributed by atoms with van der Waals surface area (Å²) in [6.45, 7) is 2.18. The summed E-state index contributed by atoms with van der Waals surface area (Å²) in [5, 5.41) is 12.4. The van der Waals surface area contributed by atoms with Gasteiger partial charge in [-0.15, -0.1) is 13.2 Å². The van der Waals surface area contributed by atoms with Gasteiger partial charge in [0.25, 0.3) is 0 Å². The lowest BCUT2D eigenvalue weighted by Gasteiger charge is -2.22. The van der Waals surface area contributed by atoms with Crippen LogP contribution in [-0.2, 0) is 0 Å². The van der Waals surface area contributed by atoms with Gasteiger partial charge in [-0.3, -0.25) is 0 Å². The predicted octanol–water partition coefficient (Wildman–Crippen LogP) is 2.87. The highest BCUT2D eigenvalue weighted by Crippen LogP contribution is 2.40. The van der Waals surface area contributed by atoms with E-state index < -0.39 is 12.1 Å². The second-order valence-corrected chi connectivity index (χ2v) is 4.50. The van der Waals surface area contributed by atoms with Crippen molar-refractivity contribution < 1.29 is 23.0 Å². The normalized spacial score (nSPS) is 15.2. The van der Waals surface area contributed by atoms with Gasteiger partial charge in [0, 0.05) is 38.0 Å². The molecule has 20 heavy (non-hydrogen) atoms. The molecule has 1 aliphatic heterocycles. The summed E-state index contributed by atoms with van der Waals surface area (Å²) in [6, 6.07) is 2.38. The summed E-state index contributed by atoms with van der Waals surface area (Å²) in [5.41, 5.74) is 1.75. The summed E-state index contributed by atoms with van der Waals surface area (Å²) in [4.78, 5) is 1.68. The maximum Gasteiger partial charge on any atom is 0.573 e. The third-order valence-electron chi connectivity index (χ3n) is 3.02. The van der Waals surface area contributed by atoms with Crippen LogP contribution in [-0.4, -0.2) is 25.1 Å². The van der Waals surface area contributed by atoms with Crippen LogP contribution in [0.25, 0.3) is 0 Å². The number of alkyl halides is 3. The molecule has 2 rings (SSSR count). The number of nitrogens with one attached hydrogen (secondary N) is 1. The Bertz CT molecular complexity index is 541. The molecule has 0 aliphatic carbocycles. The van der Waals surface area contributed by atoms with Crippen molar-refractivity contribution in [1.82, 2.24) is 5.32 Å². The molecule has 1 heterocycles. The first-order chi connectivity index (χ1) is 9.30. The van der Waals surface area contributed by atoms with Crippen molar-refractivity contribution in [3.63, 3.8) is 0 Å². The Morgan fingerprint density at radius 2 is 2.05 bits per heavy atom. The van der Waals surface area contributed by atoms with Crippen molar-refractivity contribution in [3.8, 4) is 11.5 Å². The lowest BCUT2D eigenvalue weighted by atomic mass is 10.1. The number of rotatable bonds is 3. The molecule has 110 valence electrons. The molecular weight excluding hydrogens is 273 g/mol. The van der Waals surface area contributed by atoms with Crippen molar-refractivity contribution in [3.05, 3.63) is 29.6 Å². The average molecular weight is 288 g/mol. The van der Waals surface area contributed by atoms with Crippen LogP contribution in [0, 0.1) is 6.92 Å². The predicted molar refractivity (Wildman–Crippen MR) is 68.6 cm³/mol. The standard InChI is InChI=1S/C13H15F3N2O2/c1-8-5-10(19)6-11(20-13(14,15)16)12(8)18-4-3-9(7-18)17-2/h5-7,17,19H,3-4H2,1-2H3. The zero-order valence-corrected chi connectivity index (χ0v) is 11.1. The first-order valence-electron chi connectivity index (χ1n) is 6.04. The highest BCUT2D eigenvalue weighted by Gasteiger charge is 2.34. The van der Waals surface area contributed by atoms with Gasteiger partial charge in [-0.2, -0.15) is 0 Å². The zero-order chi connectivity index (χ0) is 14.9. The van der Waals surface area contributed by atoms with E-state index in [4.69, 9.17) is 0 Å². The fourth-order valence-electron chi connectivity index (χ4n) is 2.22. The zero-order valence-electron chi connectivity index (χ0n) is 11.1. The van der Waals surface area contributed by atoms with E-state index in [2.05, 4.69) is 10.1 Å². The van der Waals surface area contributed by atoms with Crippen molar-refractivity contribution in [2.75, 3.05) is 18.5 Å². The van der Waals surface area contributed by atoms with Gasteiger partial charge in [0.15, 0.2) is 5.75 Å². The van der Waals surface area contributed by atoms with E-state index in [1.807, 2.05) is 0 Å². The Hall–Kier alpha value is -2.05. The number of phenols is 1. The highest BCUT2D eigenvalue weighted by atomic mass is 19.4. The molecule has 0 amide bonds. The molecule has 0 spiro atoms. The molecule has 1 aromatic rings. The van der Waals surface area contributed by atoms with Crippen LogP contribution in [0.3, 0.4) is 0 Å². The van der Waals surface area contributed by atoms with Gasteiger partial charge in [0.1, 0.15) is 5.75 Å². The third kappa shape index (κ3) is 3.09. The van der Waals surface area contributed by atoms with Crippen LogP contribution in [0.1, 0.15) is 12.0 Å². The summed E-state index contributed by atoms with van der Waals surface area (Å²) >= 11 is 0. The van der Waals surface area contributed by atoms with E-state index >= 15 is 0 Å². The second kappa shape index (κ2) is 5.15. The second-order valence-electron chi connectivity index (χ2n) is 4.50. The molecule has 7 heteroatoms. The van der Waals surface area contributed by atoms with Gasteiger partial charge in [0.05, 0.1) is 5.69 Å². The molecule has 1 aromatic carbocycles. The number of halogens is 3. The van der Waals surface area contributed by atoms with E-state index in [-0.39, 0.29) is 5.75 Å². The van der Waals surface area contributed by atoms with Gasteiger partial charge in [0.2, 0.25) is 0 Å². The van der Waals surface area contributed by atoms with E-state index in [0.717, 1.165) is 11.8 Å². The molecular formula is C13H15F3N2O2. The molecule has 0 saturated carbocycles.